The third-order valence-electron chi connectivity index (χ3n) is 4.72. The van der Waals surface area contributed by atoms with Crippen molar-refractivity contribution >= 4 is 50.1 Å². The normalized spacial score (nSPS) is 14.5. The molecule has 0 saturated heterocycles. The number of sulfonamides is 1. The number of nitrogens with zero attached hydrogens (tertiary/aromatic N) is 2. The first-order chi connectivity index (χ1) is 15.0. The number of hydrogen-bond donors (Lipinski definition) is 2. The van der Waals surface area contributed by atoms with Crippen molar-refractivity contribution in [1.29, 1.82) is 0 Å². The first kappa shape index (κ1) is 21.7. The zero-order valence-corrected chi connectivity index (χ0v) is 19.2. The summed E-state index contributed by atoms with van der Waals surface area (Å²) in [5.74, 6) is 0.245. The predicted octanol–water partition coefficient (Wildman–Crippen LogP) is 4.30. The number of amidine groups is 1. The first-order valence-corrected chi connectivity index (χ1v) is 13.2. The van der Waals surface area contributed by atoms with Gasteiger partial charge in [0.05, 0.1) is 17.0 Å². The summed E-state index contributed by atoms with van der Waals surface area (Å²) in [6.45, 7) is 0.638. The van der Waals surface area contributed by atoms with Gasteiger partial charge in [-0.2, -0.15) is 11.3 Å². The standard InChI is InChI=1S/C21H22N4O3S3/c26-20(12-17-14-30-21(24-17)15-8-10-29-13-15)23-16-5-4-6-18(11-16)31(27,28)25-19-7-2-1-3-9-22-19/h4-6,8,10-11,13-14H,1-3,7,9,12H2,(H,22,25)(H,23,26). The van der Waals surface area contributed by atoms with E-state index >= 15 is 0 Å². The van der Waals surface area contributed by atoms with Gasteiger partial charge in [0.25, 0.3) is 10.0 Å². The summed E-state index contributed by atoms with van der Waals surface area (Å²) in [6, 6.07) is 8.22. The Morgan fingerprint density at radius 3 is 2.87 bits per heavy atom. The lowest BCUT2D eigenvalue weighted by atomic mass is 10.2. The number of benzene rings is 1. The number of nitrogens with one attached hydrogen (secondary N) is 2. The van der Waals surface area contributed by atoms with Gasteiger partial charge < -0.3 is 5.32 Å². The van der Waals surface area contributed by atoms with Crippen LogP contribution in [-0.4, -0.2) is 31.7 Å². The molecule has 1 aromatic carbocycles. The van der Waals surface area contributed by atoms with Crippen molar-refractivity contribution in [2.45, 2.75) is 37.0 Å². The highest BCUT2D eigenvalue weighted by Gasteiger charge is 2.18. The molecule has 1 aliphatic rings. The molecule has 3 aromatic rings. The molecule has 1 aliphatic heterocycles. The van der Waals surface area contributed by atoms with Crippen molar-refractivity contribution in [2.75, 3.05) is 11.9 Å². The van der Waals surface area contributed by atoms with Gasteiger partial charge in [0.2, 0.25) is 5.91 Å². The zero-order chi connectivity index (χ0) is 21.7. The molecule has 0 aliphatic carbocycles. The van der Waals surface area contributed by atoms with Crippen molar-refractivity contribution in [2.24, 2.45) is 4.99 Å². The molecule has 0 bridgehead atoms. The van der Waals surface area contributed by atoms with Gasteiger partial charge in [-0.3, -0.25) is 14.5 Å². The van der Waals surface area contributed by atoms with Crippen molar-refractivity contribution in [1.82, 2.24) is 9.71 Å². The van der Waals surface area contributed by atoms with E-state index in [-0.39, 0.29) is 17.2 Å². The first-order valence-electron chi connectivity index (χ1n) is 9.93. The van der Waals surface area contributed by atoms with Crippen molar-refractivity contribution < 1.29 is 13.2 Å². The van der Waals surface area contributed by atoms with E-state index in [1.165, 1.54) is 23.5 Å². The van der Waals surface area contributed by atoms with E-state index in [1.54, 1.807) is 23.5 Å². The Kier molecular flexibility index (Phi) is 6.79. The average Bonchev–Trinajstić information content (AvgIpc) is 3.36. The largest absolute Gasteiger partial charge is 0.326 e. The third-order valence-corrected chi connectivity index (χ3v) is 7.72. The van der Waals surface area contributed by atoms with Crippen LogP contribution in [-0.2, 0) is 21.2 Å². The highest BCUT2D eigenvalue weighted by atomic mass is 32.2. The van der Waals surface area contributed by atoms with Crippen LogP contribution in [0.2, 0.25) is 0 Å². The Hall–Kier alpha value is -2.56. The number of rotatable bonds is 6. The van der Waals surface area contributed by atoms with E-state index < -0.39 is 10.0 Å². The lowest BCUT2D eigenvalue weighted by molar-refractivity contribution is -0.115. The van der Waals surface area contributed by atoms with Crippen LogP contribution in [0.25, 0.3) is 10.6 Å². The summed E-state index contributed by atoms with van der Waals surface area (Å²) >= 11 is 3.10. The van der Waals surface area contributed by atoms with Crippen LogP contribution in [0.3, 0.4) is 0 Å². The molecule has 2 N–H and O–H groups in total. The maximum Gasteiger partial charge on any atom is 0.262 e. The van der Waals surface area contributed by atoms with E-state index in [0.717, 1.165) is 29.8 Å². The molecule has 2 aromatic heterocycles. The molecule has 0 fully saturated rings. The molecule has 4 rings (SSSR count). The molecule has 3 heterocycles. The Morgan fingerprint density at radius 1 is 1.13 bits per heavy atom. The van der Waals surface area contributed by atoms with Gasteiger partial charge in [0, 0.05) is 35.0 Å². The quantitative estimate of drug-likeness (QED) is 0.556. The van der Waals surface area contributed by atoms with Gasteiger partial charge in [-0.15, -0.1) is 11.3 Å². The number of aromatic nitrogens is 1. The predicted molar refractivity (Wildman–Crippen MR) is 125 cm³/mol. The van der Waals surface area contributed by atoms with Gasteiger partial charge in [-0.1, -0.05) is 12.5 Å². The number of thiazole rings is 1. The van der Waals surface area contributed by atoms with E-state index in [9.17, 15) is 13.2 Å². The maximum absolute atomic E-state index is 12.7. The highest BCUT2D eigenvalue weighted by molar-refractivity contribution is 7.90. The third kappa shape index (κ3) is 5.78. The summed E-state index contributed by atoms with van der Waals surface area (Å²) in [4.78, 5) is 21.4. The Bertz CT molecular complexity index is 1180. The number of carbonyl (C=O) groups excluding carboxylic acids is 1. The second-order valence-corrected chi connectivity index (χ2v) is 10.5. The minimum Gasteiger partial charge on any atom is -0.326 e. The van der Waals surface area contributed by atoms with Crippen molar-refractivity contribution in [3.05, 3.63) is 52.2 Å². The molecule has 0 radical (unpaired) electrons. The second kappa shape index (κ2) is 9.71. The Balaban J connectivity index is 1.41. The Labute approximate surface area is 189 Å². The number of amides is 1. The molecule has 1 amide bonds. The van der Waals surface area contributed by atoms with Crippen molar-refractivity contribution in [3.63, 3.8) is 0 Å². The van der Waals surface area contributed by atoms with Crippen molar-refractivity contribution in [3.8, 4) is 10.6 Å². The molecular weight excluding hydrogens is 452 g/mol. The number of carbonyl (C=O) groups is 1. The summed E-state index contributed by atoms with van der Waals surface area (Å²) in [6.07, 6.45) is 3.68. The van der Waals surface area contributed by atoms with Gasteiger partial charge in [-0.25, -0.2) is 13.4 Å². The monoisotopic (exact) mass is 474 g/mol. The fourth-order valence-corrected chi connectivity index (χ4v) is 5.86. The minimum atomic E-state index is -3.76. The van der Waals surface area contributed by atoms with E-state index in [4.69, 9.17) is 0 Å². The highest BCUT2D eigenvalue weighted by Crippen LogP contribution is 2.26. The number of aliphatic imine (C=N–C) groups is 1. The SMILES string of the molecule is O=C(Cc1csc(-c2ccsc2)n1)Nc1cccc(S(=O)(=O)NC2=NCCCCC2)c1. The molecule has 0 saturated carbocycles. The number of hydrogen-bond acceptors (Lipinski definition) is 7. The molecule has 10 heteroatoms. The fourth-order valence-electron chi connectivity index (χ4n) is 3.19. The number of thiophene rings is 1. The van der Waals surface area contributed by atoms with Crippen LogP contribution in [0.5, 0.6) is 0 Å². The van der Waals surface area contributed by atoms with Gasteiger partial charge in [-0.05, 0) is 42.5 Å². The number of anilines is 1. The minimum absolute atomic E-state index is 0.0886. The topological polar surface area (TPSA) is 101 Å². The van der Waals surface area contributed by atoms with E-state index in [0.29, 0.717) is 30.2 Å². The fraction of sp³-hybridized carbons (Fsp3) is 0.286. The average molecular weight is 475 g/mol. The summed E-state index contributed by atoms with van der Waals surface area (Å²) in [5, 5.41) is 9.52. The van der Waals surface area contributed by atoms with Crippen LogP contribution in [0.4, 0.5) is 5.69 Å². The van der Waals surface area contributed by atoms with Crippen LogP contribution >= 0.6 is 22.7 Å². The van der Waals surface area contributed by atoms with Crippen LogP contribution < -0.4 is 10.0 Å². The lowest BCUT2D eigenvalue weighted by Gasteiger charge is -2.11. The molecule has 0 atom stereocenters. The van der Waals surface area contributed by atoms with Gasteiger partial charge in [0.1, 0.15) is 10.8 Å². The molecule has 7 nitrogen and oxygen atoms in total. The summed E-state index contributed by atoms with van der Waals surface area (Å²) < 4.78 is 28.1. The summed E-state index contributed by atoms with van der Waals surface area (Å²) in [5.41, 5.74) is 2.15. The van der Waals surface area contributed by atoms with Crippen LogP contribution in [0, 0.1) is 0 Å². The van der Waals surface area contributed by atoms with E-state index in [1.807, 2.05) is 22.2 Å². The molecule has 0 spiro atoms. The van der Waals surface area contributed by atoms with E-state index in [2.05, 4.69) is 20.0 Å². The van der Waals surface area contributed by atoms with Crippen LogP contribution in [0.15, 0.2) is 56.4 Å². The van der Waals surface area contributed by atoms with Crippen LogP contribution in [0.1, 0.15) is 31.4 Å². The van der Waals surface area contributed by atoms with Gasteiger partial charge >= 0.3 is 0 Å². The Morgan fingerprint density at radius 2 is 2.03 bits per heavy atom. The van der Waals surface area contributed by atoms with Gasteiger partial charge in [0.15, 0.2) is 0 Å². The molecular formula is C21H22N4O3S3. The molecule has 0 unspecified atom stereocenters. The molecule has 162 valence electrons. The molecule has 31 heavy (non-hydrogen) atoms. The summed E-state index contributed by atoms with van der Waals surface area (Å²) in [7, 11) is -3.76. The maximum atomic E-state index is 12.7. The lowest BCUT2D eigenvalue weighted by Crippen LogP contribution is -2.30. The second-order valence-electron chi connectivity index (χ2n) is 7.15. The smallest absolute Gasteiger partial charge is 0.262 e. The zero-order valence-electron chi connectivity index (χ0n) is 16.7.